The molecule has 0 bridgehead atoms. The maximum atomic E-state index is 14.2. The van der Waals surface area contributed by atoms with Crippen LogP contribution >= 0.6 is 7.82 Å². The molecule has 0 unspecified atom stereocenters. The molecule has 31 heavy (non-hydrogen) atoms. The highest BCUT2D eigenvalue weighted by molar-refractivity contribution is 7.46. The fourth-order valence-electron chi connectivity index (χ4n) is 2.93. The number of nitrogens with zero attached hydrogens (tertiary/aromatic N) is 3. The molecule has 2 heterocycles. The second-order valence-corrected chi connectivity index (χ2v) is 8.01. The van der Waals surface area contributed by atoms with Crippen molar-refractivity contribution in [1.82, 2.24) is 19.5 Å². The lowest BCUT2D eigenvalue weighted by atomic mass is 10.1. The van der Waals surface area contributed by atoms with Crippen molar-refractivity contribution in [3.8, 4) is 11.5 Å². The van der Waals surface area contributed by atoms with Crippen LogP contribution in [0.4, 0.5) is 4.39 Å². The van der Waals surface area contributed by atoms with Gasteiger partial charge in [-0.25, -0.2) is 18.7 Å². The Morgan fingerprint density at radius 1 is 1.19 bits per heavy atom. The third-order valence-electron chi connectivity index (χ3n) is 4.46. The van der Waals surface area contributed by atoms with Crippen LogP contribution in [0.15, 0.2) is 21.7 Å². The molecule has 1 aromatic rings. The van der Waals surface area contributed by atoms with E-state index < -0.39 is 56.4 Å². The van der Waals surface area contributed by atoms with E-state index in [1.165, 1.54) is 13.0 Å². The number of aliphatic hydroxyl groups excluding tert-OH is 3. The van der Waals surface area contributed by atoms with E-state index in [4.69, 9.17) is 9.79 Å². The third-order valence-corrected chi connectivity index (χ3v) is 4.95. The van der Waals surface area contributed by atoms with Gasteiger partial charge in [-0.05, 0) is 18.6 Å². The van der Waals surface area contributed by atoms with Crippen LogP contribution in [0.3, 0.4) is 0 Å². The predicted octanol–water partition coefficient (Wildman–Crippen LogP) is -1.78. The number of rotatable bonds is 7. The summed E-state index contributed by atoms with van der Waals surface area (Å²) in [5, 5.41) is 30.3. The Labute approximate surface area is 172 Å². The number of aryl methyl sites for hydroxylation is 1. The Bertz CT molecular complexity index is 1260. The van der Waals surface area contributed by atoms with Crippen LogP contribution in [0.1, 0.15) is 5.56 Å². The molecule has 13 nitrogen and oxygen atoms in total. The van der Waals surface area contributed by atoms with Gasteiger partial charge in [-0.15, -0.1) is 0 Å². The van der Waals surface area contributed by atoms with Crippen LogP contribution in [0.2, 0.25) is 0 Å². The molecule has 0 saturated carbocycles. The minimum atomic E-state index is -4.93. The average molecular weight is 460 g/mol. The van der Waals surface area contributed by atoms with Crippen LogP contribution in [0.25, 0.3) is 22.6 Å². The van der Waals surface area contributed by atoms with Crippen molar-refractivity contribution in [3.05, 3.63) is 44.4 Å². The minimum absolute atomic E-state index is 0.0281. The summed E-state index contributed by atoms with van der Waals surface area (Å²) in [5.74, 6) is -0.962. The van der Waals surface area contributed by atoms with E-state index in [2.05, 4.69) is 14.5 Å². The highest BCUT2D eigenvalue weighted by Crippen LogP contribution is 2.36. The standard InChI is InChI=1S/C16H18FN4O9P/c1-6-2-8-9(3-7(6)17)21(14-12(18-8)15(25)20-16(26)19-14)4-10(22)13(24)11(23)5-30-31(27,28)29/h2-3,10-11,13,22-24H,4-5H2,1H3,(H,20,25,26)(H2,27,28,29)/t10-,11+,13-/m0/s1. The molecule has 0 radical (unpaired) electrons. The second kappa shape index (κ2) is 8.51. The summed E-state index contributed by atoms with van der Waals surface area (Å²) in [6.45, 7) is -0.131. The summed E-state index contributed by atoms with van der Waals surface area (Å²) in [5.41, 5.74) is -1.82. The van der Waals surface area contributed by atoms with Crippen molar-refractivity contribution in [2.24, 2.45) is 0 Å². The third kappa shape index (κ3) is 5.02. The summed E-state index contributed by atoms with van der Waals surface area (Å²) in [6.07, 6.45) is -5.69. The Balaban J connectivity index is 2.06. The first-order chi connectivity index (χ1) is 14.4. The van der Waals surface area contributed by atoms with Gasteiger partial charge < -0.3 is 29.7 Å². The molecule has 15 heteroatoms. The lowest BCUT2D eigenvalue weighted by Crippen LogP contribution is -2.42. The fraction of sp³-hybridized carbons (Fsp3) is 0.375. The zero-order chi connectivity index (χ0) is 23.1. The summed E-state index contributed by atoms with van der Waals surface area (Å²) >= 11 is 0. The molecule has 0 saturated heterocycles. The number of phosphoric acid groups is 1. The Morgan fingerprint density at radius 3 is 2.52 bits per heavy atom. The highest BCUT2D eigenvalue weighted by atomic mass is 31.2. The van der Waals surface area contributed by atoms with Gasteiger partial charge in [0.05, 0.1) is 24.2 Å². The molecule has 2 aliphatic heterocycles. The number of aromatic nitrogens is 4. The number of H-pyrrole nitrogens is 1. The van der Waals surface area contributed by atoms with Gasteiger partial charge in [-0.1, -0.05) is 0 Å². The SMILES string of the molecule is Cc1cc2nc3c(=O)[nH]c(=O)nc-3n(C[C@H](O)[C@H](O)[C@H](O)COP(=O)(O)O)c2cc1F. The fourth-order valence-corrected chi connectivity index (χ4v) is 3.28. The van der Waals surface area contributed by atoms with Crippen LogP contribution < -0.4 is 11.2 Å². The maximum absolute atomic E-state index is 14.2. The number of fused-ring (bicyclic) bond motifs is 2. The predicted molar refractivity (Wildman–Crippen MR) is 102 cm³/mol. The average Bonchev–Trinajstić information content (AvgIpc) is 2.67. The van der Waals surface area contributed by atoms with Crippen molar-refractivity contribution < 1.29 is 38.6 Å². The Hall–Kier alpha value is -2.58. The molecule has 3 atom stereocenters. The molecule has 1 aromatic carbocycles. The van der Waals surface area contributed by atoms with Gasteiger partial charge >= 0.3 is 13.5 Å². The van der Waals surface area contributed by atoms with Crippen molar-refractivity contribution >= 4 is 18.9 Å². The van der Waals surface area contributed by atoms with E-state index in [1.54, 1.807) is 0 Å². The van der Waals surface area contributed by atoms with Gasteiger partial charge in [0, 0.05) is 6.07 Å². The van der Waals surface area contributed by atoms with E-state index in [0.29, 0.717) is 0 Å². The molecule has 2 aliphatic rings. The first kappa shape index (κ1) is 23.1. The lowest BCUT2D eigenvalue weighted by Gasteiger charge is -2.25. The van der Waals surface area contributed by atoms with Crippen molar-refractivity contribution in [2.45, 2.75) is 31.8 Å². The van der Waals surface area contributed by atoms with E-state index in [-0.39, 0.29) is 28.1 Å². The van der Waals surface area contributed by atoms with E-state index in [9.17, 15) is 33.9 Å². The Kier molecular flexibility index (Phi) is 6.34. The molecule has 3 rings (SSSR count). The molecule has 0 spiro atoms. The van der Waals surface area contributed by atoms with E-state index in [1.807, 2.05) is 4.98 Å². The number of benzene rings is 1. The molecule has 0 amide bonds. The van der Waals surface area contributed by atoms with Gasteiger partial charge in [0.2, 0.25) is 0 Å². The summed E-state index contributed by atoms with van der Waals surface area (Å²) in [6, 6.07) is 2.37. The maximum Gasteiger partial charge on any atom is 0.469 e. The largest absolute Gasteiger partial charge is 0.469 e. The lowest BCUT2D eigenvalue weighted by molar-refractivity contribution is -0.0793. The highest BCUT2D eigenvalue weighted by Gasteiger charge is 2.30. The Morgan fingerprint density at radius 2 is 1.87 bits per heavy atom. The molecular formula is C16H18FN4O9P. The van der Waals surface area contributed by atoms with Crippen LogP contribution in [-0.4, -0.2) is 69.5 Å². The molecule has 0 aromatic heterocycles. The normalized spacial score (nSPS) is 15.3. The number of aliphatic hydroxyl groups is 3. The number of aromatic amines is 1. The number of hydrogen-bond acceptors (Lipinski definition) is 9. The number of phosphoric ester groups is 1. The van der Waals surface area contributed by atoms with Gasteiger partial charge in [-0.3, -0.25) is 14.3 Å². The van der Waals surface area contributed by atoms with Gasteiger partial charge in [-0.2, -0.15) is 4.98 Å². The molecule has 168 valence electrons. The molecule has 6 N–H and O–H groups in total. The molecule has 0 fully saturated rings. The van der Waals surface area contributed by atoms with Crippen LogP contribution in [0, 0.1) is 12.7 Å². The first-order valence-corrected chi connectivity index (χ1v) is 10.3. The van der Waals surface area contributed by atoms with Crippen molar-refractivity contribution in [3.63, 3.8) is 0 Å². The summed E-state index contributed by atoms with van der Waals surface area (Å²) in [4.78, 5) is 50.9. The topological polar surface area (TPSA) is 208 Å². The number of hydrogen-bond donors (Lipinski definition) is 6. The van der Waals surface area contributed by atoms with Crippen molar-refractivity contribution in [1.29, 1.82) is 0 Å². The smallest absolute Gasteiger partial charge is 0.388 e. The van der Waals surface area contributed by atoms with Crippen LogP contribution in [-0.2, 0) is 15.6 Å². The van der Waals surface area contributed by atoms with E-state index in [0.717, 1.165) is 10.6 Å². The molecular weight excluding hydrogens is 442 g/mol. The first-order valence-electron chi connectivity index (χ1n) is 8.72. The van der Waals surface area contributed by atoms with Gasteiger partial charge in [0.15, 0.2) is 11.5 Å². The van der Waals surface area contributed by atoms with Crippen LogP contribution in [0.5, 0.6) is 0 Å². The monoisotopic (exact) mass is 460 g/mol. The van der Waals surface area contributed by atoms with Gasteiger partial charge in [0.1, 0.15) is 24.1 Å². The molecule has 0 aliphatic carbocycles. The summed E-state index contributed by atoms with van der Waals surface area (Å²) in [7, 11) is -4.93. The van der Waals surface area contributed by atoms with Crippen molar-refractivity contribution in [2.75, 3.05) is 6.61 Å². The minimum Gasteiger partial charge on any atom is -0.388 e. The summed E-state index contributed by atoms with van der Waals surface area (Å²) < 4.78 is 30.1. The zero-order valence-corrected chi connectivity index (χ0v) is 16.7. The number of halogens is 1. The zero-order valence-electron chi connectivity index (χ0n) is 15.8. The number of nitrogens with one attached hydrogen (secondary N) is 1. The van der Waals surface area contributed by atoms with Gasteiger partial charge in [0.25, 0.3) is 5.56 Å². The quantitative estimate of drug-likeness (QED) is 0.172. The van der Waals surface area contributed by atoms with E-state index >= 15 is 0 Å². The second-order valence-electron chi connectivity index (χ2n) is 6.77.